The molecule has 1 aromatic heterocycles. The molecule has 1 saturated heterocycles. The van der Waals surface area contributed by atoms with Gasteiger partial charge in [-0.2, -0.15) is 4.39 Å². The molecule has 2 aromatic carbocycles. The van der Waals surface area contributed by atoms with E-state index in [0.29, 0.717) is 16.6 Å². The van der Waals surface area contributed by atoms with Crippen LogP contribution in [0.5, 0.6) is 5.75 Å². The van der Waals surface area contributed by atoms with Crippen LogP contribution in [0.3, 0.4) is 0 Å². The number of hydrogen-bond donors (Lipinski definition) is 0. The van der Waals surface area contributed by atoms with E-state index in [9.17, 15) is 22.8 Å². The Hall–Kier alpha value is -3.07. The van der Waals surface area contributed by atoms with Crippen LogP contribution in [0.4, 0.5) is 18.0 Å². The molecule has 29 heavy (non-hydrogen) atoms. The maximum Gasteiger partial charge on any atom is 0.289 e. The number of fused-ring (bicyclic) bond motifs is 1. The van der Waals surface area contributed by atoms with Crippen molar-refractivity contribution >= 4 is 33.8 Å². The van der Waals surface area contributed by atoms with Crippen LogP contribution in [0.25, 0.3) is 10.9 Å². The first-order valence-electron chi connectivity index (χ1n) is 8.48. The summed E-state index contributed by atoms with van der Waals surface area (Å²) >= 11 is 0.890. The molecule has 9 heteroatoms. The monoisotopic (exact) mass is 418 g/mol. The average molecular weight is 418 g/mol. The minimum atomic E-state index is -2.19. The zero-order valence-corrected chi connectivity index (χ0v) is 15.8. The maximum atomic E-state index is 14.3. The van der Waals surface area contributed by atoms with E-state index in [-0.39, 0.29) is 16.9 Å². The van der Waals surface area contributed by atoms with Crippen molar-refractivity contribution in [3.8, 4) is 5.75 Å². The van der Waals surface area contributed by atoms with Crippen molar-refractivity contribution in [2.24, 2.45) is 0 Å². The molecule has 0 bridgehead atoms. The van der Waals surface area contributed by atoms with Gasteiger partial charge < -0.3 is 4.74 Å². The molecule has 0 N–H and O–H groups in total. The summed E-state index contributed by atoms with van der Waals surface area (Å²) in [6.07, 6.45) is -2.19. The summed E-state index contributed by atoms with van der Waals surface area (Å²) in [5, 5.41) is -0.462. The second-order valence-corrected chi connectivity index (χ2v) is 7.38. The van der Waals surface area contributed by atoms with Gasteiger partial charge in [0, 0.05) is 12.4 Å². The number of nitrogens with zero attached hydrogens (tertiary/aromatic N) is 2. The third-order valence-corrected chi connectivity index (χ3v) is 5.62. The van der Waals surface area contributed by atoms with Gasteiger partial charge in [0.25, 0.3) is 11.6 Å². The highest BCUT2D eigenvalue weighted by atomic mass is 32.2. The molecule has 4 rings (SSSR count). The maximum absolute atomic E-state index is 14.3. The van der Waals surface area contributed by atoms with E-state index in [1.165, 1.54) is 25.2 Å². The van der Waals surface area contributed by atoms with Crippen LogP contribution in [0.2, 0.25) is 0 Å². The highest BCUT2D eigenvalue weighted by molar-refractivity contribution is 8.14. The molecule has 5 nitrogen and oxygen atoms in total. The third kappa shape index (κ3) is 3.53. The lowest BCUT2D eigenvalue weighted by atomic mass is 10.1. The number of rotatable bonds is 4. The minimum Gasteiger partial charge on any atom is -0.456 e. The molecule has 1 fully saturated rings. The van der Waals surface area contributed by atoms with Crippen molar-refractivity contribution in [1.82, 2.24) is 9.88 Å². The van der Waals surface area contributed by atoms with Crippen molar-refractivity contribution in [3.63, 3.8) is 0 Å². The SMILES string of the molecule is CN1C(=O)SC(c2ccc3cc(OC(F)c4cccc(F)c4F)ccc3n2)C1=O. The standard InChI is InChI=1S/C20H13F3N2O3S/c1-25-19(26)17(29-20(25)27)15-7-5-10-9-11(6-8-14(10)24-15)28-18(23)12-3-2-4-13(21)16(12)22/h2-9,17-18H,1H3. The van der Waals surface area contributed by atoms with Gasteiger partial charge >= 0.3 is 0 Å². The third-order valence-electron chi connectivity index (χ3n) is 4.46. The number of imide groups is 1. The Morgan fingerprint density at radius 1 is 1.14 bits per heavy atom. The van der Waals surface area contributed by atoms with Crippen LogP contribution in [0, 0.1) is 11.6 Å². The summed E-state index contributed by atoms with van der Waals surface area (Å²) in [6, 6.07) is 10.9. The van der Waals surface area contributed by atoms with E-state index in [1.807, 2.05) is 0 Å². The van der Waals surface area contributed by atoms with Crippen molar-refractivity contribution in [1.29, 1.82) is 0 Å². The Bertz CT molecular complexity index is 1140. The number of carbonyl (C=O) groups is 2. The van der Waals surface area contributed by atoms with E-state index in [0.717, 1.165) is 28.8 Å². The first-order chi connectivity index (χ1) is 13.8. The highest BCUT2D eigenvalue weighted by Crippen LogP contribution is 2.38. The molecule has 2 amide bonds. The number of halogens is 3. The van der Waals surface area contributed by atoms with Gasteiger partial charge in [0.2, 0.25) is 5.91 Å². The number of benzene rings is 2. The summed E-state index contributed by atoms with van der Waals surface area (Å²) in [5.74, 6) is -2.70. The highest BCUT2D eigenvalue weighted by Gasteiger charge is 2.39. The number of carbonyl (C=O) groups excluding carboxylic acids is 2. The topological polar surface area (TPSA) is 59.5 Å². The number of pyridine rings is 1. The molecule has 0 saturated carbocycles. The largest absolute Gasteiger partial charge is 0.456 e. The van der Waals surface area contributed by atoms with Gasteiger partial charge in [0.1, 0.15) is 11.0 Å². The van der Waals surface area contributed by atoms with Crippen molar-refractivity contribution in [3.05, 3.63) is 71.4 Å². The molecule has 148 valence electrons. The fourth-order valence-electron chi connectivity index (χ4n) is 2.90. The first kappa shape index (κ1) is 19.3. The van der Waals surface area contributed by atoms with Crippen LogP contribution in [0.15, 0.2) is 48.5 Å². The predicted molar refractivity (Wildman–Crippen MR) is 101 cm³/mol. The summed E-state index contributed by atoms with van der Waals surface area (Å²) in [5.41, 5.74) is 0.408. The van der Waals surface area contributed by atoms with E-state index < -0.39 is 28.8 Å². The lowest BCUT2D eigenvalue weighted by molar-refractivity contribution is -0.125. The predicted octanol–water partition coefficient (Wildman–Crippen LogP) is 4.93. The van der Waals surface area contributed by atoms with Crippen molar-refractivity contribution in [2.45, 2.75) is 11.6 Å². The number of aromatic nitrogens is 1. The number of amides is 2. The molecule has 2 heterocycles. The molecule has 0 spiro atoms. The van der Waals surface area contributed by atoms with Crippen molar-refractivity contribution < 1.29 is 27.5 Å². The number of likely N-dealkylation sites (N-methyl/N-ethyl adjacent to an activating group) is 1. The second kappa shape index (κ2) is 7.40. The quantitative estimate of drug-likeness (QED) is 0.602. The number of thioether (sulfide) groups is 1. The van der Waals surface area contributed by atoms with E-state index >= 15 is 0 Å². The Labute approximate surface area is 167 Å². The van der Waals surface area contributed by atoms with Gasteiger partial charge in [-0.3, -0.25) is 19.5 Å². The zero-order chi connectivity index (χ0) is 20.7. The van der Waals surface area contributed by atoms with Crippen LogP contribution < -0.4 is 4.74 Å². The Morgan fingerprint density at radius 2 is 1.93 bits per heavy atom. The molecule has 0 aliphatic carbocycles. The van der Waals surface area contributed by atoms with E-state index in [2.05, 4.69) is 4.98 Å². The molecule has 1 aliphatic heterocycles. The van der Waals surface area contributed by atoms with Gasteiger partial charge in [0.15, 0.2) is 11.6 Å². The van der Waals surface area contributed by atoms with Gasteiger partial charge in [-0.1, -0.05) is 12.1 Å². The Kier molecular flexibility index (Phi) is 4.91. The fourth-order valence-corrected chi connectivity index (χ4v) is 3.86. The molecule has 0 radical (unpaired) electrons. The van der Waals surface area contributed by atoms with Crippen LogP contribution >= 0.6 is 11.8 Å². The molecular weight excluding hydrogens is 405 g/mol. The van der Waals surface area contributed by atoms with Crippen LogP contribution in [-0.4, -0.2) is 28.1 Å². The Morgan fingerprint density at radius 3 is 2.66 bits per heavy atom. The first-order valence-corrected chi connectivity index (χ1v) is 9.36. The van der Waals surface area contributed by atoms with Gasteiger partial charge in [0.05, 0.1) is 16.8 Å². The van der Waals surface area contributed by atoms with Crippen molar-refractivity contribution in [2.75, 3.05) is 7.05 Å². The lowest BCUT2D eigenvalue weighted by Gasteiger charge is -2.13. The Balaban J connectivity index is 1.58. The normalized spacial score (nSPS) is 17.8. The molecule has 2 unspecified atom stereocenters. The van der Waals surface area contributed by atoms with Crippen LogP contribution in [0.1, 0.15) is 22.9 Å². The minimum absolute atomic E-state index is 0.101. The second-order valence-electron chi connectivity index (χ2n) is 6.33. The number of alkyl halides is 1. The van der Waals surface area contributed by atoms with E-state index in [1.54, 1.807) is 18.2 Å². The smallest absolute Gasteiger partial charge is 0.289 e. The molecule has 1 aliphatic rings. The molecule has 3 aromatic rings. The number of ether oxygens (including phenoxy) is 1. The average Bonchev–Trinajstić information content (AvgIpc) is 2.97. The zero-order valence-electron chi connectivity index (χ0n) is 14.9. The summed E-state index contributed by atoms with van der Waals surface area (Å²) in [6.45, 7) is 0. The van der Waals surface area contributed by atoms with Crippen LogP contribution in [-0.2, 0) is 4.79 Å². The lowest BCUT2D eigenvalue weighted by Crippen LogP contribution is -2.24. The van der Waals surface area contributed by atoms with E-state index in [4.69, 9.17) is 4.74 Å². The van der Waals surface area contributed by atoms with Gasteiger partial charge in [-0.25, -0.2) is 8.78 Å². The van der Waals surface area contributed by atoms with Gasteiger partial charge in [-0.05, 0) is 48.2 Å². The summed E-state index contributed by atoms with van der Waals surface area (Å²) in [7, 11) is 1.41. The number of hydrogen-bond acceptors (Lipinski definition) is 5. The summed E-state index contributed by atoms with van der Waals surface area (Å²) in [4.78, 5) is 29.3. The van der Waals surface area contributed by atoms with Gasteiger partial charge in [-0.15, -0.1) is 0 Å². The fraction of sp³-hybridized carbons (Fsp3) is 0.150. The molecule has 2 atom stereocenters. The molecular formula is C20H13F3N2O3S. The summed E-state index contributed by atoms with van der Waals surface area (Å²) < 4.78 is 46.4.